The van der Waals surface area contributed by atoms with Crippen molar-refractivity contribution in [1.82, 2.24) is 4.90 Å². The lowest BCUT2D eigenvalue weighted by Gasteiger charge is -2.17. The fraction of sp³-hybridized carbons (Fsp3) is 0.421. The molecule has 0 atom stereocenters. The van der Waals surface area contributed by atoms with Crippen molar-refractivity contribution in [2.45, 2.75) is 47.5 Å². The first-order chi connectivity index (χ1) is 11.6. The molecule has 2 rings (SSSR count). The minimum atomic E-state index is -0.863. The van der Waals surface area contributed by atoms with Gasteiger partial charge >= 0.3 is 5.97 Å². The number of thioether (sulfide) groups is 1. The summed E-state index contributed by atoms with van der Waals surface area (Å²) < 4.78 is 0.498. The van der Waals surface area contributed by atoms with Gasteiger partial charge in [0.05, 0.1) is 4.91 Å². The first-order valence-corrected chi connectivity index (χ1v) is 9.41. The second-order valence-corrected chi connectivity index (χ2v) is 8.05. The second-order valence-electron chi connectivity index (χ2n) is 6.37. The van der Waals surface area contributed by atoms with Gasteiger partial charge in [-0.05, 0) is 80.5 Å². The monoisotopic (exact) mass is 377 g/mol. The predicted molar refractivity (Wildman–Crippen MR) is 107 cm³/mol. The number of carbonyl (C=O) groups excluding carboxylic acids is 1. The van der Waals surface area contributed by atoms with Crippen LogP contribution in [0.2, 0.25) is 0 Å². The number of nitrogens with zero attached hydrogens (tertiary/aromatic N) is 1. The van der Waals surface area contributed by atoms with Crippen molar-refractivity contribution < 1.29 is 14.7 Å². The summed E-state index contributed by atoms with van der Waals surface area (Å²) in [5.41, 5.74) is 7.20. The molecule has 1 aliphatic rings. The summed E-state index contributed by atoms with van der Waals surface area (Å²) in [4.78, 5) is 25.4. The number of carboxylic acid groups (broad SMARTS) is 1. The summed E-state index contributed by atoms with van der Waals surface area (Å²) in [6.45, 7) is 10.8. The molecule has 0 bridgehead atoms. The first-order valence-electron chi connectivity index (χ1n) is 8.19. The molecule has 1 aromatic carbocycles. The zero-order valence-corrected chi connectivity index (χ0v) is 16.9. The first kappa shape index (κ1) is 19.7. The summed E-state index contributed by atoms with van der Waals surface area (Å²) in [6.07, 6.45) is 2.36. The minimum Gasteiger partial charge on any atom is -0.481 e. The fourth-order valence-corrected chi connectivity index (χ4v) is 4.25. The molecule has 1 aliphatic heterocycles. The lowest BCUT2D eigenvalue weighted by molar-refractivity contribution is -0.137. The van der Waals surface area contributed by atoms with Crippen LogP contribution >= 0.6 is 24.0 Å². The van der Waals surface area contributed by atoms with Crippen LogP contribution in [0.3, 0.4) is 0 Å². The van der Waals surface area contributed by atoms with Crippen LogP contribution in [-0.4, -0.2) is 32.7 Å². The van der Waals surface area contributed by atoms with Crippen molar-refractivity contribution in [3.8, 4) is 0 Å². The lowest BCUT2D eigenvalue weighted by atomic mass is 9.89. The lowest BCUT2D eigenvalue weighted by Crippen LogP contribution is -2.29. The SMILES string of the molecule is Cc1c(C)c(C)c(C=C2SC(=S)N(CCCC(=O)O)C2=O)c(C)c1C. The Morgan fingerprint density at radius 1 is 1.08 bits per heavy atom. The highest BCUT2D eigenvalue weighted by Crippen LogP contribution is 2.35. The van der Waals surface area contributed by atoms with E-state index < -0.39 is 5.97 Å². The third-order valence-electron chi connectivity index (χ3n) is 4.98. The predicted octanol–water partition coefficient (Wildman–Crippen LogP) is 4.29. The number of amides is 1. The molecule has 1 N–H and O–H groups in total. The van der Waals surface area contributed by atoms with E-state index in [2.05, 4.69) is 34.6 Å². The number of benzene rings is 1. The molecule has 1 heterocycles. The largest absolute Gasteiger partial charge is 0.481 e. The molecule has 0 aliphatic carbocycles. The average Bonchev–Trinajstić information content (AvgIpc) is 2.82. The zero-order chi connectivity index (χ0) is 18.9. The molecule has 0 aromatic heterocycles. The molecule has 1 saturated heterocycles. The minimum absolute atomic E-state index is 0.0324. The molecular formula is C19H23NO3S2. The molecule has 0 radical (unpaired) electrons. The van der Waals surface area contributed by atoms with Gasteiger partial charge in [0.1, 0.15) is 4.32 Å². The quantitative estimate of drug-likeness (QED) is 0.613. The highest BCUT2D eigenvalue weighted by molar-refractivity contribution is 8.26. The Morgan fingerprint density at radius 3 is 2.12 bits per heavy atom. The highest BCUT2D eigenvalue weighted by Gasteiger charge is 2.32. The van der Waals surface area contributed by atoms with Gasteiger partial charge in [-0.15, -0.1) is 0 Å². The molecule has 25 heavy (non-hydrogen) atoms. The van der Waals surface area contributed by atoms with Gasteiger partial charge in [-0.1, -0.05) is 24.0 Å². The highest BCUT2D eigenvalue weighted by atomic mass is 32.2. The molecule has 0 spiro atoms. The van der Waals surface area contributed by atoms with Gasteiger partial charge in [-0.2, -0.15) is 0 Å². The van der Waals surface area contributed by atoms with Gasteiger partial charge in [0.25, 0.3) is 5.91 Å². The topological polar surface area (TPSA) is 57.6 Å². The maximum absolute atomic E-state index is 12.7. The van der Waals surface area contributed by atoms with E-state index in [1.54, 1.807) is 0 Å². The van der Waals surface area contributed by atoms with E-state index in [0.717, 1.165) is 5.56 Å². The number of rotatable bonds is 5. The molecule has 4 nitrogen and oxygen atoms in total. The van der Waals surface area contributed by atoms with E-state index in [9.17, 15) is 9.59 Å². The molecule has 134 valence electrons. The van der Waals surface area contributed by atoms with Crippen molar-refractivity contribution in [3.05, 3.63) is 38.3 Å². The van der Waals surface area contributed by atoms with Gasteiger partial charge in [-0.25, -0.2) is 0 Å². The van der Waals surface area contributed by atoms with Gasteiger partial charge in [0.2, 0.25) is 0 Å². The molecule has 6 heteroatoms. The average molecular weight is 378 g/mol. The van der Waals surface area contributed by atoms with Crippen LogP contribution in [0.4, 0.5) is 0 Å². The van der Waals surface area contributed by atoms with Crippen LogP contribution < -0.4 is 0 Å². The summed E-state index contributed by atoms with van der Waals surface area (Å²) in [7, 11) is 0. The van der Waals surface area contributed by atoms with Crippen LogP contribution in [0, 0.1) is 34.6 Å². The van der Waals surface area contributed by atoms with E-state index in [1.165, 1.54) is 44.5 Å². The maximum atomic E-state index is 12.7. The van der Waals surface area contributed by atoms with Crippen molar-refractivity contribution >= 4 is 46.3 Å². The van der Waals surface area contributed by atoms with Crippen LogP contribution in [-0.2, 0) is 9.59 Å². The Kier molecular flexibility index (Phi) is 6.06. The van der Waals surface area contributed by atoms with Gasteiger partial charge < -0.3 is 5.11 Å². The van der Waals surface area contributed by atoms with E-state index in [4.69, 9.17) is 17.3 Å². The maximum Gasteiger partial charge on any atom is 0.303 e. The second kappa shape index (κ2) is 7.70. The number of hydrogen-bond acceptors (Lipinski definition) is 4. The van der Waals surface area contributed by atoms with Crippen LogP contribution in [0.25, 0.3) is 6.08 Å². The van der Waals surface area contributed by atoms with E-state index >= 15 is 0 Å². The number of carboxylic acids is 1. The third kappa shape index (κ3) is 3.96. The van der Waals surface area contributed by atoms with Gasteiger partial charge in [0.15, 0.2) is 0 Å². The Labute approximate surface area is 158 Å². The summed E-state index contributed by atoms with van der Waals surface area (Å²) in [5, 5.41) is 8.75. The fourth-order valence-electron chi connectivity index (χ4n) is 2.96. The summed E-state index contributed by atoms with van der Waals surface area (Å²) in [6, 6.07) is 0. The van der Waals surface area contributed by atoms with Gasteiger partial charge in [0, 0.05) is 13.0 Å². The molecule has 0 saturated carbocycles. The Hall–Kier alpha value is -1.66. The third-order valence-corrected chi connectivity index (χ3v) is 6.36. The van der Waals surface area contributed by atoms with Crippen molar-refractivity contribution in [2.75, 3.05) is 6.54 Å². The standard InChI is InChI=1S/C19H23NO3S2/c1-10-11(2)13(4)15(14(5)12(10)3)9-16-18(23)20(19(24)25-16)8-6-7-17(21)22/h9H,6-8H2,1-5H3,(H,21,22). The van der Waals surface area contributed by atoms with Crippen LogP contribution in [0.5, 0.6) is 0 Å². The number of carbonyl (C=O) groups is 2. The number of thiocarbonyl (C=S) groups is 1. The molecule has 1 fully saturated rings. The zero-order valence-electron chi connectivity index (χ0n) is 15.2. The van der Waals surface area contributed by atoms with Gasteiger partial charge in [-0.3, -0.25) is 14.5 Å². The van der Waals surface area contributed by atoms with Crippen molar-refractivity contribution in [2.24, 2.45) is 0 Å². The van der Waals surface area contributed by atoms with E-state index in [-0.39, 0.29) is 12.3 Å². The van der Waals surface area contributed by atoms with E-state index in [0.29, 0.717) is 22.2 Å². The molecule has 1 aromatic rings. The number of aliphatic carboxylic acids is 1. The Morgan fingerprint density at radius 2 is 1.60 bits per heavy atom. The Bertz CT molecular complexity index is 767. The van der Waals surface area contributed by atoms with Crippen LogP contribution in [0.15, 0.2) is 4.91 Å². The van der Waals surface area contributed by atoms with Crippen molar-refractivity contribution in [3.63, 3.8) is 0 Å². The number of hydrogen-bond donors (Lipinski definition) is 1. The molecular weight excluding hydrogens is 354 g/mol. The summed E-state index contributed by atoms with van der Waals surface area (Å²) >= 11 is 6.60. The smallest absolute Gasteiger partial charge is 0.303 e. The van der Waals surface area contributed by atoms with E-state index in [1.807, 2.05) is 6.08 Å². The Balaban J connectivity index is 2.33. The normalized spacial score (nSPS) is 16.2. The summed E-state index contributed by atoms with van der Waals surface area (Å²) in [5.74, 6) is -0.993. The molecule has 1 amide bonds. The van der Waals surface area contributed by atoms with Crippen molar-refractivity contribution in [1.29, 1.82) is 0 Å². The van der Waals surface area contributed by atoms with Crippen LogP contribution in [0.1, 0.15) is 46.2 Å². The molecule has 0 unspecified atom stereocenters.